The van der Waals surface area contributed by atoms with Gasteiger partial charge in [-0.05, 0) is 43.4 Å². The maximum Gasteiger partial charge on any atom is 0.252 e. The second kappa shape index (κ2) is 8.43. The minimum absolute atomic E-state index is 0.0143. The van der Waals surface area contributed by atoms with E-state index in [0.29, 0.717) is 18.0 Å². The first kappa shape index (κ1) is 20.5. The molecule has 0 saturated carbocycles. The van der Waals surface area contributed by atoms with E-state index >= 15 is 0 Å². The summed E-state index contributed by atoms with van der Waals surface area (Å²) < 4.78 is 11.0. The third kappa shape index (κ3) is 4.14. The van der Waals surface area contributed by atoms with E-state index in [2.05, 4.69) is 15.1 Å². The fourth-order valence-electron chi connectivity index (χ4n) is 3.08. The number of thiocarbonyl (C=S) groups is 1. The second-order valence-corrected chi connectivity index (χ2v) is 6.79. The van der Waals surface area contributed by atoms with Gasteiger partial charge in [0.25, 0.3) is 11.6 Å². The van der Waals surface area contributed by atoms with Crippen molar-refractivity contribution in [2.45, 2.75) is 25.9 Å². The molecular weight excluding hydrogens is 398 g/mol. The number of nitrogens with zero attached hydrogens (tertiary/aromatic N) is 4. The van der Waals surface area contributed by atoms with Gasteiger partial charge in [0, 0.05) is 12.2 Å². The van der Waals surface area contributed by atoms with Gasteiger partial charge in [-0.3, -0.25) is 14.5 Å². The predicted molar refractivity (Wildman–Crippen MR) is 103 cm³/mol. The number of nitrogens with one attached hydrogen (secondary N) is 1. The number of aryl methyl sites for hydroxylation is 1. The highest BCUT2D eigenvalue weighted by molar-refractivity contribution is 7.80. The van der Waals surface area contributed by atoms with Crippen LogP contribution in [0, 0.1) is 0 Å². The zero-order valence-corrected chi connectivity index (χ0v) is 17.1. The average Bonchev–Trinajstić information content (AvgIpc) is 3.13. The van der Waals surface area contributed by atoms with Gasteiger partial charge < -0.3 is 24.6 Å². The lowest BCUT2D eigenvalue weighted by Gasteiger charge is -2.22. The van der Waals surface area contributed by atoms with Crippen molar-refractivity contribution in [3.8, 4) is 11.7 Å². The predicted octanol–water partition coefficient (Wildman–Crippen LogP) is -0.0723. The highest BCUT2D eigenvalue weighted by atomic mass is 32.1. The number of ether oxygens (including phenoxy) is 1. The maximum atomic E-state index is 12.8. The SMILES string of the molecule is CCN1C(=O)C(CC(=O)Nc2ccc(OC)cc2)N(Cc2c([O-])on[n+]2C)C1=S. The zero-order chi connectivity index (χ0) is 21.1. The first-order valence-electron chi connectivity index (χ1n) is 8.93. The van der Waals surface area contributed by atoms with E-state index in [0.717, 1.165) is 0 Å². The molecule has 1 aliphatic heterocycles. The van der Waals surface area contributed by atoms with Gasteiger partial charge in [-0.15, -0.1) is 0 Å². The van der Waals surface area contributed by atoms with Crippen molar-refractivity contribution >= 4 is 34.8 Å². The van der Waals surface area contributed by atoms with Crippen molar-refractivity contribution in [1.82, 2.24) is 15.1 Å². The first-order valence-corrected chi connectivity index (χ1v) is 9.34. The van der Waals surface area contributed by atoms with Crippen molar-refractivity contribution in [1.29, 1.82) is 0 Å². The van der Waals surface area contributed by atoms with Gasteiger partial charge in [0.2, 0.25) is 5.91 Å². The Morgan fingerprint density at radius 2 is 2.10 bits per heavy atom. The number of hydrogen-bond donors (Lipinski definition) is 1. The van der Waals surface area contributed by atoms with Crippen LogP contribution in [0.25, 0.3) is 0 Å². The van der Waals surface area contributed by atoms with E-state index in [-0.39, 0.29) is 35.6 Å². The van der Waals surface area contributed by atoms with Gasteiger partial charge in [0.1, 0.15) is 18.3 Å². The summed E-state index contributed by atoms with van der Waals surface area (Å²) in [6.07, 6.45) is -0.120. The van der Waals surface area contributed by atoms with Gasteiger partial charge in [-0.1, -0.05) is 4.68 Å². The Labute approximate surface area is 172 Å². The molecule has 0 radical (unpaired) electrons. The standard InChI is InChI=1S/C18H21N5O5S/c1-4-22-16(25)13(9-15(24)19-11-5-7-12(27-3)8-6-11)23(18(22)29)10-14-17(26)28-20-21(14)2/h5-8,13H,4,9-10H2,1-3H3,(H-,19,20,24,26). The highest BCUT2D eigenvalue weighted by Crippen LogP contribution is 2.25. The van der Waals surface area contributed by atoms with Crippen LogP contribution >= 0.6 is 12.2 Å². The van der Waals surface area contributed by atoms with E-state index in [1.54, 1.807) is 50.2 Å². The molecule has 154 valence electrons. The zero-order valence-electron chi connectivity index (χ0n) is 16.2. The average molecular weight is 419 g/mol. The van der Waals surface area contributed by atoms with Crippen molar-refractivity contribution in [2.24, 2.45) is 7.05 Å². The van der Waals surface area contributed by atoms with E-state index < -0.39 is 12.0 Å². The largest absolute Gasteiger partial charge is 0.539 e. The van der Waals surface area contributed by atoms with Crippen LogP contribution in [-0.4, -0.2) is 51.7 Å². The summed E-state index contributed by atoms with van der Waals surface area (Å²) in [5, 5.41) is 18.5. The smallest absolute Gasteiger partial charge is 0.252 e. The number of rotatable bonds is 7. The number of hydrogen-bond acceptors (Lipinski definition) is 7. The van der Waals surface area contributed by atoms with E-state index in [9.17, 15) is 14.7 Å². The number of amides is 2. The summed E-state index contributed by atoms with van der Waals surface area (Å²) >= 11 is 5.41. The highest BCUT2D eigenvalue weighted by Gasteiger charge is 2.44. The lowest BCUT2D eigenvalue weighted by atomic mass is 10.1. The molecule has 1 aromatic heterocycles. The Morgan fingerprint density at radius 1 is 1.41 bits per heavy atom. The van der Waals surface area contributed by atoms with Gasteiger partial charge in [-0.25, -0.2) is 0 Å². The Morgan fingerprint density at radius 3 is 2.66 bits per heavy atom. The number of likely N-dealkylation sites (N-methyl/N-ethyl adjacent to an activating group) is 1. The monoisotopic (exact) mass is 419 g/mol. The normalized spacial score (nSPS) is 16.4. The molecular formula is C18H21N5O5S. The van der Waals surface area contributed by atoms with Crippen LogP contribution in [0.4, 0.5) is 5.69 Å². The molecule has 1 aromatic carbocycles. The topological polar surface area (TPSA) is 115 Å². The van der Waals surface area contributed by atoms with E-state index in [4.69, 9.17) is 17.0 Å². The molecule has 2 amide bonds. The minimum Gasteiger partial charge on any atom is -0.539 e. The van der Waals surface area contributed by atoms with Gasteiger partial charge in [-0.2, -0.15) is 0 Å². The molecule has 1 atom stereocenters. The summed E-state index contributed by atoms with van der Waals surface area (Å²) in [6, 6.07) is 6.02. The molecule has 0 aliphatic carbocycles. The number of methoxy groups -OCH3 is 1. The molecule has 1 fully saturated rings. The number of aromatic nitrogens is 2. The molecule has 29 heavy (non-hydrogen) atoms. The van der Waals surface area contributed by atoms with Crippen molar-refractivity contribution in [3.63, 3.8) is 0 Å². The number of carbonyl (C=O) groups excluding carboxylic acids is 2. The van der Waals surface area contributed by atoms with Crippen LogP contribution in [0.3, 0.4) is 0 Å². The molecule has 11 heteroatoms. The lowest BCUT2D eigenvalue weighted by Crippen LogP contribution is -2.42. The minimum atomic E-state index is -0.824. The van der Waals surface area contributed by atoms with Gasteiger partial charge >= 0.3 is 0 Å². The molecule has 0 bridgehead atoms. The van der Waals surface area contributed by atoms with Crippen LogP contribution in [-0.2, 0) is 23.2 Å². The van der Waals surface area contributed by atoms with Gasteiger partial charge in [0.05, 0.1) is 18.8 Å². The number of benzene rings is 1. The number of carbonyl (C=O) groups is 2. The fraction of sp³-hybridized carbons (Fsp3) is 0.389. The summed E-state index contributed by atoms with van der Waals surface area (Å²) in [5.74, 6) is -0.580. The third-order valence-corrected chi connectivity index (χ3v) is 5.12. The maximum absolute atomic E-state index is 12.8. The lowest BCUT2D eigenvalue weighted by molar-refractivity contribution is -0.746. The Kier molecular flexibility index (Phi) is 5.97. The van der Waals surface area contributed by atoms with Crippen molar-refractivity contribution in [3.05, 3.63) is 30.0 Å². The summed E-state index contributed by atoms with van der Waals surface area (Å²) in [4.78, 5) is 28.3. The Bertz CT molecular complexity index is 910. The van der Waals surface area contributed by atoms with Crippen LogP contribution in [0.2, 0.25) is 0 Å². The molecule has 1 aliphatic rings. The molecule has 10 nitrogen and oxygen atoms in total. The molecule has 1 saturated heterocycles. The Hall–Kier alpha value is -3.21. The molecule has 0 spiro atoms. The third-order valence-electron chi connectivity index (χ3n) is 4.67. The van der Waals surface area contributed by atoms with Crippen LogP contribution in [0.15, 0.2) is 28.8 Å². The Balaban J connectivity index is 1.77. The molecule has 1 unspecified atom stereocenters. The molecule has 3 rings (SSSR count). The molecule has 2 aromatic rings. The van der Waals surface area contributed by atoms with E-state index in [1.807, 2.05) is 0 Å². The quantitative estimate of drug-likeness (QED) is 0.490. The van der Waals surface area contributed by atoms with Gasteiger partial charge in [0.15, 0.2) is 18.1 Å². The van der Waals surface area contributed by atoms with Crippen molar-refractivity contribution < 1.29 is 28.6 Å². The second-order valence-electron chi connectivity index (χ2n) is 6.42. The first-order chi connectivity index (χ1) is 13.8. The van der Waals surface area contributed by atoms with E-state index in [1.165, 1.54) is 9.58 Å². The van der Waals surface area contributed by atoms with Crippen LogP contribution in [0.1, 0.15) is 19.0 Å². The fourth-order valence-corrected chi connectivity index (χ4v) is 3.50. The van der Waals surface area contributed by atoms with Crippen molar-refractivity contribution in [2.75, 3.05) is 19.0 Å². The van der Waals surface area contributed by atoms with Crippen LogP contribution in [0.5, 0.6) is 11.7 Å². The number of anilines is 1. The van der Waals surface area contributed by atoms with Crippen LogP contribution < -0.4 is 19.8 Å². The molecule has 2 heterocycles. The molecule has 1 N–H and O–H groups in total. The summed E-state index contributed by atoms with van der Waals surface area (Å²) in [5.41, 5.74) is 0.814. The summed E-state index contributed by atoms with van der Waals surface area (Å²) in [6.45, 7) is 2.17. The summed E-state index contributed by atoms with van der Waals surface area (Å²) in [7, 11) is 3.11.